The number of likely N-dealkylation sites (tertiary alicyclic amines) is 1. The van der Waals surface area contributed by atoms with Crippen LogP contribution in [0, 0.1) is 11.8 Å². The molecule has 0 aliphatic carbocycles. The topological polar surface area (TPSA) is 155 Å². The highest BCUT2D eigenvalue weighted by molar-refractivity contribution is 5.95. The van der Waals surface area contributed by atoms with Gasteiger partial charge in [-0.2, -0.15) is 0 Å². The first-order chi connectivity index (χ1) is 15.6. The number of ether oxygens (including phenoxy) is 1. The summed E-state index contributed by atoms with van der Waals surface area (Å²) in [5.41, 5.74) is 7.50. The number of nitrogens with zero attached hydrogens (tertiary/aromatic N) is 2. The van der Waals surface area contributed by atoms with E-state index in [-0.39, 0.29) is 11.9 Å². The van der Waals surface area contributed by atoms with Crippen LogP contribution >= 0.6 is 0 Å². The molecule has 2 fully saturated rings. The Morgan fingerprint density at radius 2 is 1.70 bits per heavy atom. The fourth-order valence-corrected chi connectivity index (χ4v) is 4.10. The highest BCUT2D eigenvalue weighted by Gasteiger charge is 2.46. The number of benzene rings is 1. The number of aliphatic carboxylic acids is 2. The van der Waals surface area contributed by atoms with Crippen LogP contribution in [0.2, 0.25) is 0 Å². The van der Waals surface area contributed by atoms with Gasteiger partial charge < -0.3 is 30.9 Å². The maximum Gasteiger partial charge on any atom is 0.300 e. The molecule has 2 aliphatic heterocycles. The van der Waals surface area contributed by atoms with Crippen LogP contribution in [-0.2, 0) is 9.59 Å². The number of anilines is 1. The zero-order chi connectivity index (χ0) is 24.5. The van der Waals surface area contributed by atoms with Gasteiger partial charge in [-0.3, -0.25) is 14.4 Å². The van der Waals surface area contributed by atoms with Crippen molar-refractivity contribution in [2.45, 2.75) is 19.9 Å². The maximum atomic E-state index is 13.1. The van der Waals surface area contributed by atoms with Gasteiger partial charge in [0.2, 0.25) is 0 Å². The summed E-state index contributed by atoms with van der Waals surface area (Å²) in [7, 11) is 1.66. The first-order valence-electron chi connectivity index (χ1n) is 10.4. The third kappa shape index (κ3) is 7.18. The fraction of sp³-hybridized carbons (Fsp3) is 0.391. The quantitative estimate of drug-likeness (QED) is 0.539. The highest BCUT2D eigenvalue weighted by Crippen LogP contribution is 2.43. The molecule has 3 heterocycles. The van der Waals surface area contributed by atoms with Crippen LogP contribution in [0.4, 0.5) is 5.82 Å². The smallest absolute Gasteiger partial charge is 0.300 e. The van der Waals surface area contributed by atoms with E-state index in [0.29, 0.717) is 23.2 Å². The molecule has 33 heavy (non-hydrogen) atoms. The molecule has 5 N–H and O–H groups in total. The predicted octanol–water partition coefficient (Wildman–Crippen LogP) is 1.89. The molecule has 3 atom stereocenters. The van der Waals surface area contributed by atoms with Gasteiger partial charge >= 0.3 is 0 Å². The Kier molecular flexibility index (Phi) is 9.17. The minimum Gasteiger partial charge on any atom is -0.497 e. The van der Waals surface area contributed by atoms with Crippen molar-refractivity contribution in [1.82, 2.24) is 15.2 Å². The second-order valence-corrected chi connectivity index (χ2v) is 7.77. The summed E-state index contributed by atoms with van der Waals surface area (Å²) in [6.45, 7) is 4.82. The number of carbonyl (C=O) groups excluding carboxylic acids is 1. The fourth-order valence-electron chi connectivity index (χ4n) is 4.10. The van der Waals surface area contributed by atoms with E-state index >= 15 is 0 Å². The average molecular weight is 459 g/mol. The number of amides is 1. The Hall–Kier alpha value is -3.66. The summed E-state index contributed by atoms with van der Waals surface area (Å²) in [6.07, 6.45) is 1.59. The standard InChI is InChI=1S/C19H22N4O2.2C2H4O2/c1-25-15-4-2-12(3-5-15)18-16-10-21-9-14(16)11-23(18)19(24)13-6-7-22-17(20)8-13;2*1-2(3)4/h2-8,14,16,18,21H,9-11H2,1H3,(H2,20,22);2*1H3,(H,3,4)/t14-,16-,18-;;/m0../s1. The van der Waals surface area contributed by atoms with Crippen molar-refractivity contribution < 1.29 is 29.3 Å². The lowest BCUT2D eigenvalue weighted by atomic mass is 9.89. The number of fused-ring (bicyclic) bond motifs is 1. The van der Waals surface area contributed by atoms with E-state index < -0.39 is 11.9 Å². The van der Waals surface area contributed by atoms with Crippen molar-refractivity contribution in [2.24, 2.45) is 11.8 Å². The SMILES string of the molecule is CC(=O)O.CC(=O)O.COc1ccc([C@H]2[C@H]3CNC[C@H]3CN2C(=O)c2ccnc(N)c2)cc1. The maximum absolute atomic E-state index is 13.1. The van der Waals surface area contributed by atoms with Gasteiger partial charge in [0, 0.05) is 51.2 Å². The molecule has 0 bridgehead atoms. The largest absolute Gasteiger partial charge is 0.497 e. The molecule has 0 unspecified atom stereocenters. The number of pyridine rings is 1. The number of carboxylic acid groups (broad SMARTS) is 2. The second kappa shape index (κ2) is 11.8. The van der Waals surface area contributed by atoms with Crippen LogP contribution in [0.1, 0.15) is 35.8 Å². The third-order valence-corrected chi connectivity index (χ3v) is 5.31. The van der Waals surface area contributed by atoms with Crippen molar-refractivity contribution >= 4 is 23.7 Å². The monoisotopic (exact) mass is 458 g/mol. The Morgan fingerprint density at radius 3 is 2.24 bits per heavy atom. The summed E-state index contributed by atoms with van der Waals surface area (Å²) in [4.78, 5) is 37.1. The van der Waals surface area contributed by atoms with Gasteiger partial charge in [0.05, 0.1) is 13.2 Å². The molecule has 2 saturated heterocycles. The molecule has 2 aromatic rings. The van der Waals surface area contributed by atoms with Crippen molar-refractivity contribution in [3.8, 4) is 5.75 Å². The van der Waals surface area contributed by atoms with Crippen LogP contribution in [0.3, 0.4) is 0 Å². The van der Waals surface area contributed by atoms with Crippen molar-refractivity contribution in [3.63, 3.8) is 0 Å². The molecule has 1 aromatic heterocycles. The summed E-state index contributed by atoms with van der Waals surface area (Å²) in [5.74, 6) is 0.451. The Morgan fingerprint density at radius 1 is 1.09 bits per heavy atom. The van der Waals surface area contributed by atoms with Crippen LogP contribution in [0.5, 0.6) is 5.75 Å². The van der Waals surface area contributed by atoms with Gasteiger partial charge in [-0.15, -0.1) is 0 Å². The molecular formula is C23H30N4O6. The summed E-state index contributed by atoms with van der Waals surface area (Å²) < 4.78 is 5.26. The molecule has 0 saturated carbocycles. The van der Waals surface area contributed by atoms with E-state index in [9.17, 15) is 4.79 Å². The predicted molar refractivity (Wildman–Crippen MR) is 122 cm³/mol. The molecule has 4 rings (SSSR count). The second-order valence-electron chi connectivity index (χ2n) is 7.77. The number of carbonyl (C=O) groups is 3. The zero-order valence-corrected chi connectivity index (χ0v) is 18.9. The number of carboxylic acids is 2. The number of hydrogen-bond donors (Lipinski definition) is 4. The van der Waals surface area contributed by atoms with E-state index in [2.05, 4.69) is 22.4 Å². The van der Waals surface area contributed by atoms with E-state index in [4.69, 9.17) is 30.3 Å². The van der Waals surface area contributed by atoms with E-state index in [1.54, 1.807) is 25.4 Å². The summed E-state index contributed by atoms with van der Waals surface area (Å²) in [5, 5.41) is 18.3. The summed E-state index contributed by atoms with van der Waals surface area (Å²) >= 11 is 0. The molecular weight excluding hydrogens is 428 g/mol. The van der Waals surface area contributed by atoms with E-state index in [1.165, 1.54) is 0 Å². The first kappa shape index (κ1) is 25.6. The number of nitrogen functional groups attached to an aromatic ring is 1. The normalized spacial score (nSPS) is 20.5. The lowest BCUT2D eigenvalue weighted by Crippen LogP contribution is -2.34. The Labute approximate surface area is 192 Å². The zero-order valence-electron chi connectivity index (χ0n) is 18.9. The van der Waals surface area contributed by atoms with Crippen molar-refractivity contribution in [3.05, 3.63) is 53.7 Å². The van der Waals surface area contributed by atoms with Gasteiger partial charge in [0.15, 0.2) is 0 Å². The minimum absolute atomic E-state index is 0.0179. The van der Waals surface area contributed by atoms with Gasteiger partial charge in [0.1, 0.15) is 11.6 Å². The molecule has 0 radical (unpaired) electrons. The number of methoxy groups -OCH3 is 1. The molecule has 1 aromatic carbocycles. The van der Waals surface area contributed by atoms with Gasteiger partial charge in [-0.25, -0.2) is 4.98 Å². The average Bonchev–Trinajstić information content (AvgIpc) is 3.34. The summed E-state index contributed by atoms with van der Waals surface area (Å²) in [6, 6.07) is 11.5. The van der Waals surface area contributed by atoms with Crippen LogP contribution in [0.25, 0.3) is 0 Å². The van der Waals surface area contributed by atoms with Gasteiger partial charge in [-0.05, 0) is 35.7 Å². The highest BCUT2D eigenvalue weighted by atomic mass is 16.5. The van der Waals surface area contributed by atoms with Crippen LogP contribution < -0.4 is 15.8 Å². The van der Waals surface area contributed by atoms with E-state index in [1.807, 2.05) is 17.0 Å². The van der Waals surface area contributed by atoms with Gasteiger partial charge in [-0.1, -0.05) is 12.1 Å². The van der Waals surface area contributed by atoms with Crippen molar-refractivity contribution in [2.75, 3.05) is 32.5 Å². The molecule has 0 spiro atoms. The van der Waals surface area contributed by atoms with Gasteiger partial charge in [0.25, 0.3) is 17.8 Å². The molecule has 10 nitrogen and oxygen atoms in total. The Bertz CT molecular complexity index is 946. The van der Waals surface area contributed by atoms with Crippen molar-refractivity contribution in [1.29, 1.82) is 0 Å². The third-order valence-electron chi connectivity index (χ3n) is 5.31. The molecule has 10 heteroatoms. The van der Waals surface area contributed by atoms with E-state index in [0.717, 1.165) is 44.8 Å². The molecule has 2 aliphatic rings. The minimum atomic E-state index is -0.833. The van der Waals surface area contributed by atoms with Crippen LogP contribution in [-0.4, -0.2) is 64.7 Å². The Balaban J connectivity index is 0.000000420. The molecule has 178 valence electrons. The number of hydrogen-bond acceptors (Lipinski definition) is 7. The van der Waals surface area contributed by atoms with Crippen LogP contribution in [0.15, 0.2) is 42.6 Å². The molecule has 1 amide bonds. The lowest BCUT2D eigenvalue weighted by Gasteiger charge is -2.28. The lowest BCUT2D eigenvalue weighted by molar-refractivity contribution is -0.135. The number of nitrogens with two attached hydrogens (primary N) is 1. The number of aromatic nitrogens is 1. The number of nitrogens with one attached hydrogen (secondary N) is 1. The first-order valence-corrected chi connectivity index (χ1v) is 10.4. The number of rotatable bonds is 3.